The summed E-state index contributed by atoms with van der Waals surface area (Å²) in [6.07, 6.45) is 15.6. The van der Waals surface area contributed by atoms with Crippen molar-refractivity contribution in [3.05, 3.63) is 23.8 Å². The number of hydrogen-bond acceptors (Lipinski definition) is 5. The number of hydrazone groups is 1. The lowest BCUT2D eigenvalue weighted by molar-refractivity contribution is -0.126. The number of methoxy groups -OCH3 is 2. The average molecular weight is 448 g/mol. The minimum absolute atomic E-state index is 0.0938. The summed E-state index contributed by atoms with van der Waals surface area (Å²) in [6, 6.07) is 5.29. The van der Waals surface area contributed by atoms with Gasteiger partial charge in [-0.1, -0.05) is 71.1 Å². The van der Waals surface area contributed by atoms with Gasteiger partial charge < -0.3 is 14.8 Å². The minimum Gasteiger partial charge on any atom is -0.497 e. The number of nitrogens with one attached hydrogen (secondary N) is 2. The Hall–Kier alpha value is -2.57. The molecule has 0 aliphatic carbocycles. The number of unbranched alkanes of at least 4 members (excludes halogenated alkanes) is 10. The van der Waals surface area contributed by atoms with E-state index < -0.39 is 0 Å². The van der Waals surface area contributed by atoms with E-state index in [9.17, 15) is 9.59 Å². The lowest BCUT2D eigenvalue weighted by Crippen LogP contribution is -2.34. The maximum absolute atomic E-state index is 11.9. The molecular formula is C25H41N3O4. The first-order valence-corrected chi connectivity index (χ1v) is 11.9. The fourth-order valence-electron chi connectivity index (χ4n) is 3.37. The highest BCUT2D eigenvalue weighted by Crippen LogP contribution is 2.22. The number of hydrogen-bond donors (Lipinski definition) is 2. The third-order valence-electron chi connectivity index (χ3n) is 5.28. The highest BCUT2D eigenvalue weighted by atomic mass is 16.5. The Morgan fingerprint density at radius 2 is 1.50 bits per heavy atom. The van der Waals surface area contributed by atoms with Gasteiger partial charge in [0.25, 0.3) is 5.91 Å². The summed E-state index contributed by atoms with van der Waals surface area (Å²) in [7, 11) is 3.13. The first kappa shape index (κ1) is 27.5. The second-order valence-corrected chi connectivity index (χ2v) is 7.96. The van der Waals surface area contributed by atoms with Gasteiger partial charge in [0, 0.05) is 12.0 Å². The second kappa shape index (κ2) is 18.0. The van der Waals surface area contributed by atoms with Gasteiger partial charge in [-0.3, -0.25) is 9.59 Å². The zero-order chi connectivity index (χ0) is 23.4. The summed E-state index contributed by atoms with van der Waals surface area (Å²) in [4.78, 5) is 23.8. The number of ether oxygens (including phenoxy) is 2. The van der Waals surface area contributed by atoms with Crippen LogP contribution in [0.2, 0.25) is 0 Å². The number of carbonyl (C=O) groups excluding carboxylic acids is 2. The molecule has 0 radical (unpaired) electrons. The van der Waals surface area contributed by atoms with E-state index >= 15 is 0 Å². The van der Waals surface area contributed by atoms with E-state index in [1.807, 2.05) is 0 Å². The van der Waals surface area contributed by atoms with Crippen LogP contribution in [0.15, 0.2) is 23.3 Å². The lowest BCUT2D eigenvalue weighted by Gasteiger charge is -2.07. The van der Waals surface area contributed by atoms with Crippen LogP contribution in [0, 0.1) is 0 Å². The third-order valence-corrected chi connectivity index (χ3v) is 5.28. The van der Waals surface area contributed by atoms with Gasteiger partial charge in [0.15, 0.2) is 0 Å². The van der Waals surface area contributed by atoms with Gasteiger partial charge >= 0.3 is 0 Å². The van der Waals surface area contributed by atoms with Gasteiger partial charge in [-0.05, 0) is 24.6 Å². The van der Waals surface area contributed by atoms with Gasteiger partial charge in [0.2, 0.25) is 5.91 Å². The Bertz CT molecular complexity index is 692. The van der Waals surface area contributed by atoms with E-state index in [1.165, 1.54) is 64.0 Å². The fraction of sp³-hybridized carbons (Fsp3) is 0.640. The van der Waals surface area contributed by atoms with Gasteiger partial charge in [-0.2, -0.15) is 5.10 Å². The van der Waals surface area contributed by atoms with E-state index in [0.29, 0.717) is 23.5 Å². The Morgan fingerprint density at radius 1 is 0.875 bits per heavy atom. The van der Waals surface area contributed by atoms with Crippen molar-refractivity contribution >= 4 is 18.0 Å². The average Bonchev–Trinajstić information content (AvgIpc) is 2.81. The fourth-order valence-corrected chi connectivity index (χ4v) is 3.37. The molecule has 7 nitrogen and oxygen atoms in total. The quantitative estimate of drug-likeness (QED) is 0.189. The van der Waals surface area contributed by atoms with Crippen molar-refractivity contribution in [3.63, 3.8) is 0 Å². The molecule has 180 valence electrons. The molecule has 0 unspecified atom stereocenters. The van der Waals surface area contributed by atoms with Crippen molar-refractivity contribution in [2.75, 3.05) is 20.8 Å². The highest BCUT2D eigenvalue weighted by molar-refractivity contribution is 5.87. The predicted molar refractivity (Wildman–Crippen MR) is 129 cm³/mol. The van der Waals surface area contributed by atoms with Crippen LogP contribution in [0.1, 0.15) is 89.5 Å². The van der Waals surface area contributed by atoms with Crippen molar-refractivity contribution in [1.82, 2.24) is 10.7 Å². The standard InChI is InChI=1S/C25H41N3O4/c1-4-5-6-7-8-9-10-11-12-13-14-15-24(29)26-20-25(30)28-27-19-21-18-22(31-2)16-17-23(21)32-3/h16-19H,4-15,20H2,1-3H3,(H,26,29)(H,28,30)/b27-19-. The first-order valence-electron chi connectivity index (χ1n) is 11.9. The van der Waals surface area contributed by atoms with Crippen molar-refractivity contribution in [1.29, 1.82) is 0 Å². The molecule has 0 aromatic heterocycles. The zero-order valence-electron chi connectivity index (χ0n) is 20.1. The van der Waals surface area contributed by atoms with Crippen molar-refractivity contribution in [2.24, 2.45) is 5.10 Å². The molecule has 2 amide bonds. The summed E-state index contributed by atoms with van der Waals surface area (Å²) in [5.41, 5.74) is 3.08. The summed E-state index contributed by atoms with van der Waals surface area (Å²) >= 11 is 0. The van der Waals surface area contributed by atoms with E-state index in [0.717, 1.165) is 12.8 Å². The van der Waals surface area contributed by atoms with Crippen LogP contribution in [0.25, 0.3) is 0 Å². The number of rotatable bonds is 18. The summed E-state index contributed by atoms with van der Waals surface area (Å²) < 4.78 is 10.4. The maximum Gasteiger partial charge on any atom is 0.259 e. The van der Waals surface area contributed by atoms with E-state index in [1.54, 1.807) is 32.4 Å². The van der Waals surface area contributed by atoms with Crippen molar-refractivity contribution in [2.45, 2.75) is 84.0 Å². The molecule has 1 aromatic carbocycles. The summed E-state index contributed by atoms with van der Waals surface area (Å²) in [5.74, 6) is 0.794. The van der Waals surface area contributed by atoms with Crippen LogP contribution in [0.4, 0.5) is 0 Å². The van der Waals surface area contributed by atoms with Crippen molar-refractivity contribution < 1.29 is 19.1 Å². The number of benzene rings is 1. The molecule has 0 aliphatic rings. The van der Waals surface area contributed by atoms with Crippen molar-refractivity contribution in [3.8, 4) is 11.5 Å². The molecule has 0 spiro atoms. The molecule has 0 atom stereocenters. The van der Waals surface area contributed by atoms with E-state index in [4.69, 9.17) is 9.47 Å². The Morgan fingerprint density at radius 3 is 2.09 bits per heavy atom. The molecule has 2 N–H and O–H groups in total. The van der Waals surface area contributed by atoms with E-state index in [-0.39, 0.29) is 18.4 Å². The number of carbonyl (C=O) groups is 2. The van der Waals surface area contributed by atoms with Gasteiger partial charge in [0.05, 0.1) is 27.0 Å². The van der Waals surface area contributed by atoms with Gasteiger partial charge in [-0.15, -0.1) is 0 Å². The van der Waals surface area contributed by atoms with Crippen LogP contribution in [-0.4, -0.2) is 38.8 Å². The van der Waals surface area contributed by atoms with Crippen LogP contribution in [0.5, 0.6) is 11.5 Å². The molecule has 0 saturated carbocycles. The molecule has 0 saturated heterocycles. The molecule has 0 heterocycles. The van der Waals surface area contributed by atoms with E-state index in [2.05, 4.69) is 22.8 Å². The van der Waals surface area contributed by atoms with Crippen LogP contribution >= 0.6 is 0 Å². The number of amides is 2. The Balaban J connectivity index is 2.10. The molecule has 1 aromatic rings. The normalized spacial score (nSPS) is 10.8. The summed E-state index contributed by atoms with van der Waals surface area (Å²) in [6.45, 7) is 2.15. The Labute approximate surface area is 193 Å². The molecule has 0 aliphatic heterocycles. The topological polar surface area (TPSA) is 89.0 Å². The molecule has 1 rings (SSSR count). The molecule has 7 heteroatoms. The largest absolute Gasteiger partial charge is 0.497 e. The van der Waals surface area contributed by atoms with Gasteiger partial charge in [-0.25, -0.2) is 5.43 Å². The van der Waals surface area contributed by atoms with Gasteiger partial charge in [0.1, 0.15) is 11.5 Å². The highest BCUT2D eigenvalue weighted by Gasteiger charge is 2.06. The predicted octanol–water partition coefficient (Wildman–Crippen LogP) is 4.97. The monoisotopic (exact) mass is 447 g/mol. The molecular weight excluding hydrogens is 406 g/mol. The van der Waals surface area contributed by atoms with Crippen LogP contribution < -0.4 is 20.2 Å². The maximum atomic E-state index is 11.9. The Kier molecular flexibility index (Phi) is 15.5. The zero-order valence-corrected chi connectivity index (χ0v) is 20.1. The number of nitrogens with zero attached hydrogens (tertiary/aromatic N) is 1. The third kappa shape index (κ3) is 13.0. The molecule has 0 fully saturated rings. The van der Waals surface area contributed by atoms with Crippen LogP contribution in [-0.2, 0) is 9.59 Å². The molecule has 32 heavy (non-hydrogen) atoms. The second-order valence-electron chi connectivity index (χ2n) is 7.96. The lowest BCUT2D eigenvalue weighted by atomic mass is 10.1. The van der Waals surface area contributed by atoms with Crippen LogP contribution in [0.3, 0.4) is 0 Å². The molecule has 0 bridgehead atoms. The smallest absolute Gasteiger partial charge is 0.259 e. The minimum atomic E-state index is -0.379. The SMILES string of the molecule is CCCCCCCCCCCCCC(=O)NCC(=O)N/N=C\c1cc(OC)ccc1OC. The summed E-state index contributed by atoms with van der Waals surface area (Å²) in [5, 5.41) is 6.56. The first-order chi connectivity index (χ1) is 15.6.